The SMILES string of the molecule is CCCOC(=O)OCCCOP(=O)(N=C(N)[N+](C)(Cc1ccccc1)OC(C)=O)OCCCOC(=O)OCCC. The molecule has 0 bridgehead atoms. The van der Waals surface area contributed by atoms with Crippen molar-refractivity contribution in [3.8, 4) is 0 Å². The lowest BCUT2D eigenvalue weighted by Crippen LogP contribution is -2.53. The predicted octanol–water partition coefficient (Wildman–Crippen LogP) is 4.47. The lowest BCUT2D eigenvalue weighted by molar-refractivity contribution is -1.01. The maximum absolute atomic E-state index is 13.6. The Hall–Kier alpha value is -3.19. The summed E-state index contributed by atoms with van der Waals surface area (Å²) < 4.78 is 47.3. The number of nitrogens with two attached hydrogens (primary N) is 1. The first-order chi connectivity index (χ1) is 19.0. The fourth-order valence-electron chi connectivity index (χ4n) is 2.93. The molecule has 1 aromatic rings. The third kappa shape index (κ3) is 14.8. The lowest BCUT2D eigenvalue weighted by atomic mass is 10.2. The number of benzene rings is 1. The van der Waals surface area contributed by atoms with E-state index in [2.05, 4.69) is 4.76 Å². The summed E-state index contributed by atoms with van der Waals surface area (Å²) in [6, 6.07) is 9.04. The van der Waals surface area contributed by atoms with Gasteiger partial charge in [-0.2, -0.15) is 0 Å². The maximum atomic E-state index is 13.6. The molecule has 0 aliphatic heterocycles. The average molecular weight is 591 g/mol. The zero-order valence-electron chi connectivity index (χ0n) is 23.6. The quantitative estimate of drug-likeness (QED) is 0.0514. The van der Waals surface area contributed by atoms with E-state index in [0.29, 0.717) is 12.8 Å². The number of guanidine groups is 1. The molecule has 0 spiro atoms. The molecule has 0 heterocycles. The molecule has 2 N–H and O–H groups in total. The number of hydroxylamine groups is 3. The number of carbonyl (C=O) groups is 3. The molecule has 0 fully saturated rings. The van der Waals surface area contributed by atoms with Gasteiger partial charge in [0.05, 0.1) is 39.6 Å². The fraction of sp³-hybridized carbons (Fsp3) is 0.600. The number of quaternary nitrogens is 1. The molecule has 0 aromatic heterocycles. The second kappa shape index (κ2) is 19.0. The highest BCUT2D eigenvalue weighted by Crippen LogP contribution is 2.50. The van der Waals surface area contributed by atoms with E-state index in [1.165, 1.54) is 14.0 Å². The molecule has 1 unspecified atom stereocenters. The third-order valence-electron chi connectivity index (χ3n) is 4.74. The Morgan fingerprint density at radius 3 is 1.75 bits per heavy atom. The minimum absolute atomic E-state index is 0.0648. The van der Waals surface area contributed by atoms with Crippen molar-refractivity contribution in [2.75, 3.05) is 46.7 Å². The van der Waals surface area contributed by atoms with E-state index >= 15 is 0 Å². The van der Waals surface area contributed by atoms with Gasteiger partial charge in [0.25, 0.3) is 0 Å². The Morgan fingerprint density at radius 2 is 1.30 bits per heavy atom. The maximum Gasteiger partial charge on any atom is 0.508 e. The summed E-state index contributed by atoms with van der Waals surface area (Å²) in [7, 11) is -2.80. The average Bonchev–Trinajstić information content (AvgIpc) is 2.90. The van der Waals surface area contributed by atoms with Crippen LogP contribution in [0.3, 0.4) is 0 Å². The van der Waals surface area contributed by atoms with Gasteiger partial charge in [-0.3, -0.25) is 13.9 Å². The van der Waals surface area contributed by atoms with Crippen LogP contribution in [0.2, 0.25) is 0 Å². The molecule has 15 heteroatoms. The van der Waals surface area contributed by atoms with Crippen molar-refractivity contribution in [1.29, 1.82) is 0 Å². The first kappa shape index (κ1) is 34.8. The van der Waals surface area contributed by atoms with Gasteiger partial charge in [-0.05, 0) is 12.8 Å². The molecular weight excluding hydrogens is 549 g/mol. The third-order valence-corrected chi connectivity index (χ3v) is 6.21. The van der Waals surface area contributed by atoms with Crippen molar-refractivity contribution in [1.82, 2.24) is 0 Å². The van der Waals surface area contributed by atoms with Crippen molar-refractivity contribution in [2.24, 2.45) is 10.5 Å². The Morgan fingerprint density at radius 1 is 0.825 bits per heavy atom. The van der Waals surface area contributed by atoms with Crippen LogP contribution in [0.25, 0.3) is 0 Å². The van der Waals surface area contributed by atoms with Gasteiger partial charge < -0.3 is 24.7 Å². The summed E-state index contributed by atoms with van der Waals surface area (Å²) in [5.74, 6) is -0.992. The Bertz CT molecular complexity index is 959. The largest absolute Gasteiger partial charge is 0.508 e. The van der Waals surface area contributed by atoms with E-state index in [1.54, 1.807) is 24.3 Å². The van der Waals surface area contributed by atoms with Crippen LogP contribution in [0.5, 0.6) is 0 Å². The van der Waals surface area contributed by atoms with E-state index in [4.69, 9.17) is 38.6 Å². The van der Waals surface area contributed by atoms with Gasteiger partial charge in [-0.1, -0.05) is 48.8 Å². The van der Waals surface area contributed by atoms with Crippen molar-refractivity contribution in [3.63, 3.8) is 0 Å². The summed E-state index contributed by atoms with van der Waals surface area (Å²) >= 11 is 0. The highest BCUT2D eigenvalue weighted by Gasteiger charge is 2.37. The van der Waals surface area contributed by atoms with Crippen LogP contribution in [0.1, 0.15) is 52.0 Å². The molecule has 0 radical (unpaired) electrons. The van der Waals surface area contributed by atoms with Crippen molar-refractivity contribution in [2.45, 2.75) is 53.0 Å². The van der Waals surface area contributed by atoms with E-state index in [9.17, 15) is 18.9 Å². The van der Waals surface area contributed by atoms with Crippen LogP contribution in [0.15, 0.2) is 35.1 Å². The monoisotopic (exact) mass is 590 g/mol. The number of hydrogen-bond acceptors (Lipinski definition) is 11. The predicted molar refractivity (Wildman–Crippen MR) is 144 cm³/mol. The minimum atomic E-state index is -4.27. The number of ether oxygens (including phenoxy) is 4. The fourth-order valence-corrected chi connectivity index (χ4v) is 4.28. The zero-order chi connectivity index (χ0) is 29.9. The van der Waals surface area contributed by atoms with E-state index in [-0.39, 0.29) is 65.0 Å². The zero-order valence-corrected chi connectivity index (χ0v) is 24.5. The second-order valence-corrected chi connectivity index (χ2v) is 10.2. The molecule has 0 saturated carbocycles. The van der Waals surface area contributed by atoms with Crippen molar-refractivity contribution >= 4 is 32.0 Å². The van der Waals surface area contributed by atoms with Gasteiger partial charge in [-0.25, -0.2) is 18.9 Å². The van der Waals surface area contributed by atoms with Gasteiger partial charge in [-0.15, -0.1) is 4.76 Å². The van der Waals surface area contributed by atoms with Gasteiger partial charge in [0.1, 0.15) is 7.05 Å². The molecule has 0 aliphatic carbocycles. The lowest BCUT2D eigenvalue weighted by Gasteiger charge is -2.28. The highest BCUT2D eigenvalue weighted by atomic mass is 31.2. The van der Waals surface area contributed by atoms with Gasteiger partial charge in [0, 0.05) is 25.3 Å². The molecule has 0 aliphatic rings. The summed E-state index contributed by atoms with van der Waals surface area (Å²) in [5.41, 5.74) is 6.97. The minimum Gasteiger partial charge on any atom is -0.434 e. The standard InChI is InChI=1S/C25H41N3O11P/c1-5-14-33-24(30)35-16-10-18-37-40(32,38-19-11-17-36-25(31)34-15-6-2)27-23(26)28(4,39-21(3)29)20-22-12-8-7-9-13-22/h7-9,12-13H,5-6,10-11,14-20H2,1-4H3,(H2,26,27,32)/q+1. The summed E-state index contributed by atoms with van der Waals surface area (Å²) in [6.45, 7) is 4.96. The Labute approximate surface area is 234 Å². The van der Waals surface area contributed by atoms with Crippen molar-refractivity contribution in [3.05, 3.63) is 35.9 Å². The number of rotatable bonds is 17. The second-order valence-electron chi connectivity index (χ2n) is 8.52. The molecular formula is C25H41N3O11P+. The van der Waals surface area contributed by atoms with Gasteiger partial charge in [0.2, 0.25) is 0 Å². The molecule has 0 amide bonds. The molecule has 1 aromatic carbocycles. The molecule has 226 valence electrons. The topological polar surface area (TPSA) is 171 Å². The van der Waals surface area contributed by atoms with Gasteiger partial charge >= 0.3 is 32.0 Å². The number of carbonyl (C=O) groups excluding carboxylic acids is 3. The first-order valence-electron chi connectivity index (χ1n) is 13.0. The first-order valence-corrected chi connectivity index (χ1v) is 14.5. The normalized spacial score (nSPS) is 13.2. The van der Waals surface area contributed by atoms with E-state index in [1.807, 2.05) is 19.9 Å². The highest BCUT2D eigenvalue weighted by molar-refractivity contribution is 7.52. The molecule has 14 nitrogen and oxygen atoms in total. The van der Waals surface area contributed by atoms with Crippen LogP contribution < -0.4 is 5.73 Å². The smallest absolute Gasteiger partial charge is 0.434 e. The van der Waals surface area contributed by atoms with Gasteiger partial charge in [0.15, 0.2) is 6.54 Å². The molecule has 1 rings (SSSR count). The summed E-state index contributed by atoms with van der Waals surface area (Å²) in [5, 5.41) is 0. The molecule has 1 atom stereocenters. The van der Waals surface area contributed by atoms with Crippen LogP contribution >= 0.6 is 7.75 Å². The summed E-state index contributed by atoms with van der Waals surface area (Å²) in [4.78, 5) is 40.2. The van der Waals surface area contributed by atoms with Crippen LogP contribution in [-0.2, 0) is 48.7 Å². The van der Waals surface area contributed by atoms with Crippen LogP contribution in [-0.4, -0.2) is 75.6 Å². The van der Waals surface area contributed by atoms with Crippen molar-refractivity contribution < 1.29 is 56.4 Å². The molecule has 0 saturated heterocycles. The van der Waals surface area contributed by atoms with Crippen LogP contribution in [0, 0.1) is 0 Å². The number of nitrogens with zero attached hydrogens (tertiary/aromatic N) is 2. The van der Waals surface area contributed by atoms with E-state index in [0.717, 1.165) is 5.56 Å². The van der Waals surface area contributed by atoms with E-state index < -0.39 is 30.7 Å². The molecule has 40 heavy (non-hydrogen) atoms. The Kier molecular flexibility index (Phi) is 16.5. The summed E-state index contributed by atoms with van der Waals surface area (Å²) in [6.07, 6.45) is -0.0451. The number of hydrogen-bond donors (Lipinski definition) is 1. The Balaban J connectivity index is 2.94. The van der Waals surface area contributed by atoms with Crippen LogP contribution in [0.4, 0.5) is 9.59 Å².